The SMILES string of the molecule is COC(=O)[C@@H]1C(=O)[C@@H](C(=O)OC)C2CC1[C@H](C(=O)OC)C(=O)[C@@H]2C(=O)OC. The maximum Gasteiger partial charge on any atom is 0.316 e. The molecule has 2 rings (SSSR count). The van der Waals surface area contributed by atoms with Crippen LogP contribution in [0.4, 0.5) is 0 Å². The summed E-state index contributed by atoms with van der Waals surface area (Å²) in [6.07, 6.45) is -0.101. The van der Waals surface area contributed by atoms with E-state index < -0.39 is 71.0 Å². The number of carbonyl (C=O) groups excluding carboxylic acids is 6. The predicted octanol–water partition coefficient (Wildman–Crippen LogP) is -1.07. The van der Waals surface area contributed by atoms with E-state index in [0.717, 1.165) is 28.4 Å². The monoisotopic (exact) mass is 384 g/mol. The summed E-state index contributed by atoms with van der Waals surface area (Å²) in [4.78, 5) is 74.8. The first-order chi connectivity index (χ1) is 12.7. The van der Waals surface area contributed by atoms with Crippen molar-refractivity contribution in [3.05, 3.63) is 0 Å². The van der Waals surface area contributed by atoms with Gasteiger partial charge in [-0.3, -0.25) is 28.8 Å². The molecule has 10 heteroatoms. The Morgan fingerprint density at radius 3 is 1.00 bits per heavy atom. The third-order valence-corrected chi connectivity index (χ3v) is 5.30. The van der Waals surface area contributed by atoms with Crippen molar-refractivity contribution in [3.63, 3.8) is 0 Å². The van der Waals surface area contributed by atoms with Crippen molar-refractivity contribution in [1.82, 2.24) is 0 Å². The number of esters is 4. The van der Waals surface area contributed by atoms with Crippen molar-refractivity contribution in [2.24, 2.45) is 35.5 Å². The average Bonchev–Trinajstić information content (AvgIpc) is 2.66. The third kappa shape index (κ3) is 3.19. The van der Waals surface area contributed by atoms with Crippen molar-refractivity contribution in [2.75, 3.05) is 28.4 Å². The van der Waals surface area contributed by atoms with Gasteiger partial charge in [-0.2, -0.15) is 0 Å². The van der Waals surface area contributed by atoms with Gasteiger partial charge in [0.05, 0.1) is 28.4 Å². The van der Waals surface area contributed by atoms with Gasteiger partial charge in [0.2, 0.25) is 0 Å². The molecule has 2 fully saturated rings. The van der Waals surface area contributed by atoms with E-state index >= 15 is 0 Å². The Hall–Kier alpha value is -2.78. The molecule has 0 aromatic heterocycles. The number of ketones is 2. The highest BCUT2D eigenvalue weighted by molar-refractivity contribution is 6.16. The van der Waals surface area contributed by atoms with Gasteiger partial charge in [-0.05, 0) is 18.3 Å². The predicted molar refractivity (Wildman–Crippen MR) is 83.6 cm³/mol. The fraction of sp³-hybridized carbons (Fsp3) is 0.647. The number of rotatable bonds is 4. The standard InChI is InChI=1S/C17H20O10/c1-24-14(20)8-6-5-7(10(12(8)18)16(22)26-3)11(17(23)27-4)13(19)9(6)15(21)25-2/h6-11H,5H2,1-4H3/t6?,7?,8-,9-,10-,11+/m0/s1. The molecular formula is C17H20O10. The van der Waals surface area contributed by atoms with Crippen LogP contribution in [0.15, 0.2) is 0 Å². The topological polar surface area (TPSA) is 139 Å². The second kappa shape index (κ2) is 7.85. The molecule has 0 heterocycles. The van der Waals surface area contributed by atoms with Gasteiger partial charge >= 0.3 is 23.9 Å². The van der Waals surface area contributed by atoms with Crippen molar-refractivity contribution in [3.8, 4) is 0 Å². The van der Waals surface area contributed by atoms with Crippen molar-refractivity contribution in [2.45, 2.75) is 6.42 Å². The summed E-state index contributed by atoms with van der Waals surface area (Å²) >= 11 is 0. The van der Waals surface area contributed by atoms with E-state index in [1.807, 2.05) is 0 Å². The number of Topliss-reactive ketones (excluding diaryl/α,β-unsaturated/α-hetero) is 2. The highest BCUT2D eigenvalue weighted by Crippen LogP contribution is 2.49. The van der Waals surface area contributed by atoms with Crippen LogP contribution in [0.1, 0.15) is 6.42 Å². The van der Waals surface area contributed by atoms with Crippen molar-refractivity contribution in [1.29, 1.82) is 0 Å². The first-order valence-electron chi connectivity index (χ1n) is 8.13. The quantitative estimate of drug-likeness (QED) is 0.334. The van der Waals surface area contributed by atoms with Gasteiger partial charge in [0, 0.05) is 0 Å². The Kier molecular flexibility index (Phi) is 5.97. The molecule has 0 aliphatic heterocycles. The van der Waals surface area contributed by atoms with Crippen LogP contribution in [0.2, 0.25) is 0 Å². The molecule has 2 unspecified atom stereocenters. The number of fused-ring (bicyclic) bond motifs is 2. The van der Waals surface area contributed by atoms with E-state index in [2.05, 4.69) is 18.9 Å². The fourth-order valence-corrected chi connectivity index (χ4v) is 4.15. The number of hydrogen-bond donors (Lipinski definition) is 0. The first kappa shape index (κ1) is 20.5. The minimum absolute atomic E-state index is 0.101. The fourth-order valence-electron chi connectivity index (χ4n) is 4.15. The van der Waals surface area contributed by atoms with Gasteiger partial charge in [0.25, 0.3) is 0 Å². The minimum Gasteiger partial charge on any atom is -0.468 e. The molecule has 27 heavy (non-hydrogen) atoms. The molecule has 0 radical (unpaired) electrons. The lowest BCUT2D eigenvalue weighted by Gasteiger charge is -2.46. The third-order valence-electron chi connectivity index (χ3n) is 5.30. The zero-order valence-corrected chi connectivity index (χ0v) is 15.3. The Balaban J connectivity index is 2.64. The summed E-state index contributed by atoms with van der Waals surface area (Å²) in [6, 6.07) is 0. The molecule has 0 N–H and O–H groups in total. The molecule has 0 aromatic rings. The number of methoxy groups -OCH3 is 4. The molecule has 0 saturated heterocycles. The molecule has 0 amide bonds. The number of ether oxygens (including phenoxy) is 4. The number of hydrogen-bond acceptors (Lipinski definition) is 10. The summed E-state index contributed by atoms with van der Waals surface area (Å²) in [5.74, 6) is -13.9. The summed E-state index contributed by atoms with van der Waals surface area (Å²) in [6.45, 7) is 0. The lowest BCUT2D eigenvalue weighted by molar-refractivity contribution is -0.178. The van der Waals surface area contributed by atoms with Crippen LogP contribution in [-0.4, -0.2) is 63.9 Å². The second-order valence-corrected chi connectivity index (χ2v) is 6.37. The van der Waals surface area contributed by atoms with Crippen LogP contribution in [0.5, 0.6) is 0 Å². The smallest absolute Gasteiger partial charge is 0.316 e. The molecule has 10 nitrogen and oxygen atoms in total. The zero-order chi connectivity index (χ0) is 20.5. The molecule has 148 valence electrons. The Morgan fingerprint density at radius 2 is 0.815 bits per heavy atom. The minimum atomic E-state index is -1.53. The van der Waals surface area contributed by atoms with Gasteiger partial charge < -0.3 is 18.9 Å². The molecule has 2 aliphatic rings. The van der Waals surface area contributed by atoms with E-state index in [0.29, 0.717) is 0 Å². The van der Waals surface area contributed by atoms with E-state index in [1.54, 1.807) is 0 Å². The van der Waals surface area contributed by atoms with Crippen molar-refractivity contribution >= 4 is 35.4 Å². The van der Waals surface area contributed by atoms with Gasteiger partial charge in [-0.25, -0.2) is 0 Å². The molecule has 0 spiro atoms. The largest absolute Gasteiger partial charge is 0.468 e. The Labute approximate surface area is 154 Å². The molecule has 6 atom stereocenters. The molecule has 2 aliphatic carbocycles. The maximum absolute atomic E-state index is 12.9. The summed E-state index contributed by atoms with van der Waals surface area (Å²) in [7, 11) is 4.18. The van der Waals surface area contributed by atoms with Crippen LogP contribution in [0.25, 0.3) is 0 Å². The average molecular weight is 384 g/mol. The summed E-state index contributed by atoms with van der Waals surface area (Å²) in [5.41, 5.74) is 0. The van der Waals surface area contributed by atoms with Crippen molar-refractivity contribution < 1.29 is 47.7 Å². The van der Waals surface area contributed by atoms with Gasteiger partial charge in [-0.1, -0.05) is 0 Å². The lowest BCUT2D eigenvalue weighted by Crippen LogP contribution is -2.61. The normalized spacial score (nSPS) is 32.3. The zero-order valence-electron chi connectivity index (χ0n) is 15.3. The maximum atomic E-state index is 12.9. The van der Waals surface area contributed by atoms with Gasteiger partial charge in [-0.15, -0.1) is 0 Å². The van der Waals surface area contributed by atoms with Crippen LogP contribution in [0.3, 0.4) is 0 Å². The van der Waals surface area contributed by atoms with Crippen LogP contribution in [-0.2, 0) is 47.7 Å². The van der Waals surface area contributed by atoms with Crippen LogP contribution in [0, 0.1) is 35.5 Å². The molecule has 2 saturated carbocycles. The van der Waals surface area contributed by atoms with Crippen LogP contribution < -0.4 is 0 Å². The summed E-state index contributed by atoms with van der Waals surface area (Å²) < 4.78 is 18.6. The van der Waals surface area contributed by atoms with E-state index in [-0.39, 0.29) is 6.42 Å². The highest BCUT2D eigenvalue weighted by Gasteiger charge is 2.64. The van der Waals surface area contributed by atoms with E-state index in [1.165, 1.54) is 0 Å². The Morgan fingerprint density at radius 1 is 0.593 bits per heavy atom. The van der Waals surface area contributed by atoms with E-state index in [4.69, 9.17) is 0 Å². The molecular weight excluding hydrogens is 364 g/mol. The summed E-state index contributed by atoms with van der Waals surface area (Å²) in [5, 5.41) is 0. The number of carbonyl (C=O) groups is 6. The lowest BCUT2D eigenvalue weighted by atomic mass is 9.53. The van der Waals surface area contributed by atoms with Crippen LogP contribution >= 0.6 is 0 Å². The van der Waals surface area contributed by atoms with Gasteiger partial charge in [0.1, 0.15) is 23.7 Å². The van der Waals surface area contributed by atoms with E-state index in [9.17, 15) is 28.8 Å². The molecule has 2 bridgehead atoms. The van der Waals surface area contributed by atoms with Gasteiger partial charge in [0.15, 0.2) is 11.6 Å². The molecule has 0 aromatic carbocycles. The second-order valence-electron chi connectivity index (χ2n) is 6.37. The highest BCUT2D eigenvalue weighted by atomic mass is 16.5. The first-order valence-corrected chi connectivity index (χ1v) is 8.13. The Bertz CT molecular complexity index is 586.